The smallest absolute Gasteiger partial charge is 0.382 e. The summed E-state index contributed by atoms with van der Waals surface area (Å²) < 4.78 is 47.0. The first-order valence-corrected chi connectivity index (χ1v) is 12.7. The van der Waals surface area contributed by atoms with Crippen molar-refractivity contribution in [2.75, 3.05) is 39.2 Å². The summed E-state index contributed by atoms with van der Waals surface area (Å²) in [6.45, 7) is 2.82. The molecule has 196 valence electrons. The van der Waals surface area contributed by atoms with Crippen molar-refractivity contribution in [1.82, 2.24) is 25.0 Å². The van der Waals surface area contributed by atoms with Gasteiger partial charge < -0.3 is 24.8 Å². The fourth-order valence-corrected chi connectivity index (χ4v) is 4.88. The number of carbonyl (C=O) groups is 1. The van der Waals surface area contributed by atoms with Gasteiger partial charge in [-0.05, 0) is 51.7 Å². The lowest BCUT2D eigenvalue weighted by atomic mass is 10.1. The highest BCUT2D eigenvalue weighted by Gasteiger charge is 2.31. The zero-order chi connectivity index (χ0) is 25.9. The number of nitrogens with zero attached hydrogens (tertiary/aromatic N) is 4. The van der Waals surface area contributed by atoms with Gasteiger partial charge in [-0.3, -0.25) is 4.79 Å². The lowest BCUT2D eigenvalue weighted by molar-refractivity contribution is -0.140. The minimum Gasteiger partial charge on any atom is -0.382 e. The lowest BCUT2D eigenvalue weighted by Gasteiger charge is -2.24. The second-order valence-corrected chi connectivity index (χ2v) is 10.3. The van der Waals surface area contributed by atoms with Crippen LogP contribution in [0.2, 0.25) is 0 Å². The third-order valence-corrected chi connectivity index (χ3v) is 7.11. The van der Waals surface area contributed by atoms with E-state index in [0.717, 1.165) is 25.1 Å². The Balaban J connectivity index is 1.63. The van der Waals surface area contributed by atoms with E-state index >= 15 is 0 Å². The van der Waals surface area contributed by atoms with E-state index in [9.17, 15) is 18.0 Å². The van der Waals surface area contributed by atoms with E-state index in [1.807, 2.05) is 20.2 Å². The summed E-state index contributed by atoms with van der Waals surface area (Å²) in [5.41, 5.74) is 1.62. The van der Waals surface area contributed by atoms with Crippen LogP contribution in [-0.4, -0.2) is 71.6 Å². The van der Waals surface area contributed by atoms with Gasteiger partial charge in [0.25, 0.3) is 0 Å². The van der Waals surface area contributed by atoms with Crippen molar-refractivity contribution < 1.29 is 22.7 Å². The molecule has 0 saturated carbocycles. The number of amides is 1. The van der Waals surface area contributed by atoms with Gasteiger partial charge in [0.2, 0.25) is 5.91 Å². The number of ether oxygens (including phenoxy) is 1. The Kier molecular flexibility index (Phi) is 8.16. The Labute approximate surface area is 211 Å². The van der Waals surface area contributed by atoms with Gasteiger partial charge >= 0.3 is 6.18 Å². The number of hydrogen-bond acceptors (Lipinski definition) is 7. The second kappa shape index (κ2) is 11.1. The van der Waals surface area contributed by atoms with Gasteiger partial charge in [-0.1, -0.05) is 24.3 Å². The van der Waals surface area contributed by atoms with E-state index in [-0.39, 0.29) is 24.4 Å². The van der Waals surface area contributed by atoms with Crippen LogP contribution in [0.15, 0.2) is 24.3 Å². The van der Waals surface area contributed by atoms with Crippen LogP contribution in [0.5, 0.6) is 0 Å². The van der Waals surface area contributed by atoms with E-state index in [4.69, 9.17) is 4.74 Å². The third-order valence-electron chi connectivity index (χ3n) is 6.17. The molecule has 36 heavy (non-hydrogen) atoms. The molecular formula is C24H31F3N6O2S. The van der Waals surface area contributed by atoms with Crippen LogP contribution in [-0.2, 0) is 22.6 Å². The molecule has 1 amide bonds. The Morgan fingerprint density at radius 1 is 1.31 bits per heavy atom. The van der Waals surface area contributed by atoms with Crippen LogP contribution in [0.1, 0.15) is 24.8 Å². The summed E-state index contributed by atoms with van der Waals surface area (Å²) >= 11 is 1.17. The Morgan fingerprint density at radius 2 is 2.08 bits per heavy atom. The van der Waals surface area contributed by atoms with Gasteiger partial charge in [0.05, 0.1) is 36.9 Å². The fourth-order valence-electron chi connectivity index (χ4n) is 4.07. The molecule has 2 N–H and O–H groups in total. The van der Waals surface area contributed by atoms with Crippen LogP contribution >= 0.6 is 11.3 Å². The fraction of sp³-hybridized carbons (Fsp3) is 0.542. The number of alkyl halides is 3. The van der Waals surface area contributed by atoms with Crippen molar-refractivity contribution in [2.24, 2.45) is 5.92 Å². The number of aromatic nitrogens is 3. The van der Waals surface area contributed by atoms with Gasteiger partial charge in [-0.15, -0.1) is 10.2 Å². The maximum Gasteiger partial charge on any atom is 0.406 e. The topological polar surface area (TPSA) is 84.3 Å². The minimum absolute atomic E-state index is 0.125. The van der Waals surface area contributed by atoms with Gasteiger partial charge in [-0.25, -0.2) is 0 Å². The average Bonchev–Trinajstić information content (AvgIpc) is 3.38. The van der Waals surface area contributed by atoms with Crippen molar-refractivity contribution in [3.63, 3.8) is 0 Å². The molecule has 0 aliphatic carbocycles. The number of halogens is 3. The molecular weight excluding hydrogens is 493 g/mol. The van der Waals surface area contributed by atoms with Crippen LogP contribution in [0.3, 0.4) is 0 Å². The Bertz CT molecular complexity index is 1190. The number of fused-ring (bicyclic) bond motifs is 1. The van der Waals surface area contributed by atoms with Crippen molar-refractivity contribution in [1.29, 1.82) is 0 Å². The van der Waals surface area contributed by atoms with E-state index in [2.05, 4.69) is 32.7 Å². The summed E-state index contributed by atoms with van der Waals surface area (Å²) in [5, 5.41) is 16.2. The van der Waals surface area contributed by atoms with E-state index < -0.39 is 12.7 Å². The molecule has 2 aromatic heterocycles. The molecule has 1 saturated heterocycles. The summed E-state index contributed by atoms with van der Waals surface area (Å²) in [5.74, 6) is -0.290. The number of nitrogens with one attached hydrogen (secondary N) is 2. The third kappa shape index (κ3) is 6.34. The maximum atomic E-state index is 13.6. The zero-order valence-electron chi connectivity index (χ0n) is 20.6. The van der Waals surface area contributed by atoms with Crippen molar-refractivity contribution in [3.05, 3.63) is 29.3 Å². The molecule has 1 aliphatic rings. The monoisotopic (exact) mass is 524 g/mol. The van der Waals surface area contributed by atoms with Crippen molar-refractivity contribution in [2.45, 2.75) is 45.1 Å². The first-order valence-electron chi connectivity index (χ1n) is 11.9. The van der Waals surface area contributed by atoms with Gasteiger partial charge in [0.1, 0.15) is 11.6 Å². The molecule has 3 heterocycles. The molecule has 3 aromatic rings. The van der Waals surface area contributed by atoms with E-state index in [0.29, 0.717) is 39.8 Å². The first-order chi connectivity index (χ1) is 17.1. The van der Waals surface area contributed by atoms with E-state index in [1.165, 1.54) is 15.9 Å². The predicted octanol–water partition coefficient (Wildman–Crippen LogP) is 4.13. The summed E-state index contributed by atoms with van der Waals surface area (Å²) in [6.07, 6.45) is -2.61. The molecule has 1 atom stereocenters. The van der Waals surface area contributed by atoms with Crippen molar-refractivity contribution >= 4 is 33.8 Å². The molecule has 1 aliphatic heterocycles. The van der Waals surface area contributed by atoms with Crippen LogP contribution in [0.4, 0.5) is 18.9 Å². The van der Waals surface area contributed by atoms with Crippen molar-refractivity contribution in [3.8, 4) is 10.7 Å². The van der Waals surface area contributed by atoms with E-state index in [1.54, 1.807) is 18.2 Å². The Hall–Kier alpha value is -2.70. The molecule has 8 nitrogen and oxygen atoms in total. The second-order valence-electron chi connectivity index (χ2n) is 9.26. The maximum absolute atomic E-state index is 13.6. The average molecular weight is 525 g/mol. The first kappa shape index (κ1) is 26.4. The molecule has 4 rings (SSSR count). The number of anilines is 1. The minimum atomic E-state index is -4.41. The molecule has 0 bridgehead atoms. The number of benzene rings is 1. The Morgan fingerprint density at radius 3 is 2.72 bits per heavy atom. The SMILES string of the molecule is CCC(CCN(C)C)Nc1cccc2c1cc(-c1nnc(CNC(=O)C3COC3)s1)n2CC(F)(F)F. The highest BCUT2D eigenvalue weighted by molar-refractivity contribution is 7.14. The highest BCUT2D eigenvalue weighted by Crippen LogP contribution is 2.36. The molecule has 0 spiro atoms. The zero-order valence-corrected chi connectivity index (χ0v) is 21.4. The van der Waals surface area contributed by atoms with Crippen LogP contribution < -0.4 is 10.6 Å². The number of hydrogen-bond donors (Lipinski definition) is 2. The van der Waals surface area contributed by atoms with Crippen LogP contribution in [0, 0.1) is 5.92 Å². The normalized spacial score (nSPS) is 15.3. The predicted molar refractivity (Wildman–Crippen MR) is 134 cm³/mol. The highest BCUT2D eigenvalue weighted by atomic mass is 32.1. The molecule has 1 aromatic carbocycles. The number of carbonyl (C=O) groups excluding carboxylic acids is 1. The molecule has 0 radical (unpaired) electrons. The van der Waals surface area contributed by atoms with Crippen LogP contribution in [0.25, 0.3) is 21.6 Å². The van der Waals surface area contributed by atoms with Gasteiger partial charge in [0.15, 0.2) is 5.01 Å². The summed E-state index contributed by atoms with van der Waals surface area (Å²) in [7, 11) is 4.03. The standard InChI is InChI=1S/C24H31F3N6O2S/c1-4-16(8-9-32(2)3)29-18-6-5-7-19-17(18)10-20(33(19)14-24(25,26)27)23-31-30-21(36-23)11-28-22(34)15-12-35-13-15/h5-7,10,15-16,29H,4,8-9,11-14H2,1-3H3,(H,28,34). The van der Waals surface area contributed by atoms with Gasteiger partial charge in [-0.2, -0.15) is 13.2 Å². The molecule has 1 fully saturated rings. The lowest BCUT2D eigenvalue weighted by Crippen LogP contribution is -2.41. The number of rotatable bonds is 11. The summed E-state index contributed by atoms with van der Waals surface area (Å²) in [4.78, 5) is 14.2. The van der Waals surface area contributed by atoms with Gasteiger partial charge in [0, 0.05) is 17.1 Å². The molecule has 1 unspecified atom stereocenters. The summed E-state index contributed by atoms with van der Waals surface area (Å²) in [6, 6.07) is 7.29. The molecule has 12 heteroatoms. The largest absolute Gasteiger partial charge is 0.406 e. The quantitative estimate of drug-likeness (QED) is 0.393.